The molecule has 126 valence electrons. The maximum atomic E-state index is 12.3. The number of aromatic amines is 1. The largest absolute Gasteiger partial charge is 0.349 e. The number of amides is 1. The Morgan fingerprint density at radius 1 is 1.22 bits per heavy atom. The van der Waals surface area contributed by atoms with Crippen LogP contribution in [0, 0.1) is 12.8 Å². The molecule has 3 rings (SSSR count). The first-order valence-electron chi connectivity index (χ1n) is 8.85. The number of piperidine rings is 1. The van der Waals surface area contributed by atoms with Gasteiger partial charge < -0.3 is 15.2 Å². The van der Waals surface area contributed by atoms with Gasteiger partial charge in [0.2, 0.25) is 0 Å². The van der Waals surface area contributed by atoms with Crippen LogP contribution < -0.4 is 10.9 Å². The van der Waals surface area contributed by atoms with Crippen LogP contribution in [0.25, 0.3) is 0 Å². The Hall–Kier alpha value is -1.62. The first kappa shape index (κ1) is 16.2. The van der Waals surface area contributed by atoms with E-state index in [0.29, 0.717) is 0 Å². The van der Waals surface area contributed by atoms with Crippen molar-refractivity contribution in [3.63, 3.8) is 0 Å². The quantitative estimate of drug-likeness (QED) is 0.893. The van der Waals surface area contributed by atoms with E-state index < -0.39 is 0 Å². The van der Waals surface area contributed by atoms with Crippen molar-refractivity contribution in [2.24, 2.45) is 5.92 Å². The van der Waals surface area contributed by atoms with Gasteiger partial charge in [0, 0.05) is 31.4 Å². The Morgan fingerprint density at radius 3 is 2.57 bits per heavy atom. The molecule has 0 atom stereocenters. The van der Waals surface area contributed by atoms with Crippen LogP contribution in [0.4, 0.5) is 0 Å². The maximum absolute atomic E-state index is 12.3. The Bertz CT molecular complexity index is 597. The van der Waals surface area contributed by atoms with Gasteiger partial charge in [-0.3, -0.25) is 9.59 Å². The Balaban J connectivity index is 1.48. The summed E-state index contributed by atoms with van der Waals surface area (Å²) in [6, 6.07) is 3.56. The van der Waals surface area contributed by atoms with Gasteiger partial charge in [0.25, 0.3) is 11.5 Å². The average molecular weight is 317 g/mol. The molecule has 0 aromatic carbocycles. The molecule has 23 heavy (non-hydrogen) atoms. The number of carbonyl (C=O) groups is 1. The minimum atomic E-state index is -0.304. The molecule has 0 bridgehead atoms. The molecular weight excluding hydrogens is 290 g/mol. The summed E-state index contributed by atoms with van der Waals surface area (Å²) in [6.45, 7) is 5.12. The Morgan fingerprint density at radius 2 is 1.91 bits per heavy atom. The highest BCUT2D eigenvalue weighted by Crippen LogP contribution is 2.26. The number of H-pyrrole nitrogens is 1. The summed E-state index contributed by atoms with van der Waals surface area (Å²) < 4.78 is 0. The molecule has 2 heterocycles. The molecule has 1 saturated carbocycles. The normalized spacial score (nSPS) is 20.7. The number of aromatic nitrogens is 1. The third-order valence-corrected chi connectivity index (χ3v) is 5.21. The van der Waals surface area contributed by atoms with Crippen molar-refractivity contribution in [2.45, 2.75) is 51.5 Å². The van der Waals surface area contributed by atoms with Gasteiger partial charge in [0.15, 0.2) is 0 Å². The topological polar surface area (TPSA) is 65.2 Å². The van der Waals surface area contributed by atoms with Gasteiger partial charge in [0.05, 0.1) is 0 Å². The molecule has 2 fully saturated rings. The van der Waals surface area contributed by atoms with Crippen molar-refractivity contribution in [1.82, 2.24) is 15.2 Å². The first-order valence-corrected chi connectivity index (χ1v) is 8.85. The number of rotatable bonds is 4. The van der Waals surface area contributed by atoms with Gasteiger partial charge in [-0.05, 0) is 50.7 Å². The summed E-state index contributed by atoms with van der Waals surface area (Å²) in [4.78, 5) is 29.3. The zero-order valence-corrected chi connectivity index (χ0v) is 13.9. The predicted molar refractivity (Wildman–Crippen MR) is 90.7 cm³/mol. The van der Waals surface area contributed by atoms with Crippen molar-refractivity contribution in [3.8, 4) is 0 Å². The lowest BCUT2D eigenvalue weighted by Crippen LogP contribution is -2.46. The van der Waals surface area contributed by atoms with Crippen LogP contribution in [-0.4, -0.2) is 41.5 Å². The van der Waals surface area contributed by atoms with Crippen LogP contribution in [0.1, 0.15) is 54.6 Å². The van der Waals surface area contributed by atoms with Crippen LogP contribution in [0.5, 0.6) is 0 Å². The van der Waals surface area contributed by atoms with Crippen molar-refractivity contribution in [3.05, 3.63) is 33.7 Å². The second-order valence-corrected chi connectivity index (χ2v) is 7.08. The van der Waals surface area contributed by atoms with Crippen molar-refractivity contribution in [2.75, 3.05) is 19.6 Å². The van der Waals surface area contributed by atoms with E-state index >= 15 is 0 Å². The lowest BCUT2D eigenvalue weighted by molar-refractivity contribution is 0.0904. The molecule has 5 nitrogen and oxygen atoms in total. The van der Waals surface area contributed by atoms with Crippen molar-refractivity contribution >= 4 is 5.91 Å². The van der Waals surface area contributed by atoms with E-state index in [-0.39, 0.29) is 23.1 Å². The number of hydrogen-bond donors (Lipinski definition) is 2. The van der Waals surface area contributed by atoms with Crippen LogP contribution in [0.3, 0.4) is 0 Å². The average Bonchev–Trinajstić information content (AvgIpc) is 3.02. The number of hydrogen-bond acceptors (Lipinski definition) is 3. The highest BCUT2D eigenvalue weighted by atomic mass is 16.2. The first-order chi connectivity index (χ1) is 11.1. The van der Waals surface area contributed by atoms with Gasteiger partial charge in [0.1, 0.15) is 5.56 Å². The molecule has 1 aromatic rings. The molecule has 1 saturated heterocycles. The Labute approximate surface area is 137 Å². The third-order valence-electron chi connectivity index (χ3n) is 5.21. The lowest BCUT2D eigenvalue weighted by Gasteiger charge is -2.33. The number of nitrogens with zero attached hydrogens (tertiary/aromatic N) is 1. The SMILES string of the molecule is Cc1ccc(C(=O)NC2CCN(CC3CCCC3)CC2)c(=O)[nH]1. The maximum Gasteiger partial charge on any atom is 0.260 e. The summed E-state index contributed by atoms with van der Waals surface area (Å²) >= 11 is 0. The third kappa shape index (κ3) is 4.22. The summed E-state index contributed by atoms with van der Waals surface area (Å²) in [5.41, 5.74) is 0.678. The second-order valence-electron chi connectivity index (χ2n) is 7.08. The highest BCUT2D eigenvalue weighted by Gasteiger charge is 2.24. The number of carbonyl (C=O) groups excluding carboxylic acids is 1. The molecule has 0 spiro atoms. The van der Waals surface area contributed by atoms with E-state index in [9.17, 15) is 9.59 Å². The summed E-state index contributed by atoms with van der Waals surface area (Å²) in [7, 11) is 0. The number of likely N-dealkylation sites (tertiary alicyclic amines) is 1. The minimum absolute atomic E-state index is 0.183. The van der Waals surface area contributed by atoms with Crippen molar-refractivity contribution in [1.29, 1.82) is 0 Å². The molecule has 0 radical (unpaired) electrons. The van der Waals surface area contributed by atoms with Crippen LogP contribution in [0.2, 0.25) is 0 Å². The van der Waals surface area contributed by atoms with Gasteiger partial charge >= 0.3 is 0 Å². The van der Waals surface area contributed by atoms with E-state index in [4.69, 9.17) is 0 Å². The predicted octanol–water partition coefficient (Wildman–Crippen LogP) is 2.07. The van der Waals surface area contributed by atoms with Crippen molar-refractivity contribution < 1.29 is 4.79 Å². The minimum Gasteiger partial charge on any atom is -0.349 e. The zero-order valence-electron chi connectivity index (χ0n) is 13.9. The van der Waals surface area contributed by atoms with E-state index in [1.165, 1.54) is 32.2 Å². The van der Waals surface area contributed by atoms with Crippen LogP contribution in [-0.2, 0) is 0 Å². The summed E-state index contributed by atoms with van der Waals surface area (Å²) in [5, 5.41) is 3.02. The number of aryl methyl sites for hydroxylation is 1. The highest BCUT2D eigenvalue weighted by molar-refractivity contribution is 5.93. The monoisotopic (exact) mass is 317 g/mol. The molecule has 0 unspecified atom stereocenters. The summed E-state index contributed by atoms with van der Waals surface area (Å²) in [5.74, 6) is 0.632. The van der Waals surface area contributed by atoms with Gasteiger partial charge in [-0.25, -0.2) is 0 Å². The fraction of sp³-hybridized carbons (Fsp3) is 0.667. The van der Waals surface area contributed by atoms with E-state index in [1.54, 1.807) is 12.1 Å². The molecule has 1 aromatic heterocycles. The molecule has 1 aliphatic carbocycles. The number of pyridine rings is 1. The molecular formula is C18H27N3O2. The van der Waals surface area contributed by atoms with Crippen LogP contribution >= 0.6 is 0 Å². The van der Waals surface area contributed by atoms with Crippen LogP contribution in [0.15, 0.2) is 16.9 Å². The molecule has 2 N–H and O–H groups in total. The smallest absolute Gasteiger partial charge is 0.260 e. The molecule has 1 amide bonds. The van der Waals surface area contributed by atoms with E-state index in [2.05, 4.69) is 15.2 Å². The van der Waals surface area contributed by atoms with Gasteiger partial charge in [-0.2, -0.15) is 0 Å². The molecule has 1 aliphatic heterocycles. The molecule has 2 aliphatic rings. The standard InChI is InChI=1S/C18H27N3O2/c1-13-6-7-16(17(22)19-13)18(23)20-15-8-10-21(11-9-15)12-14-4-2-3-5-14/h6-7,14-15H,2-5,8-12H2,1H3,(H,19,22)(H,20,23). The fourth-order valence-electron chi connectivity index (χ4n) is 3.83. The van der Waals surface area contributed by atoms with E-state index in [1.807, 2.05) is 6.92 Å². The van der Waals surface area contributed by atoms with Gasteiger partial charge in [-0.1, -0.05) is 12.8 Å². The van der Waals surface area contributed by atoms with E-state index in [0.717, 1.165) is 37.5 Å². The molecule has 5 heteroatoms. The Kier molecular flexibility index (Phi) is 5.16. The fourth-order valence-corrected chi connectivity index (χ4v) is 3.83. The number of nitrogens with one attached hydrogen (secondary N) is 2. The second kappa shape index (κ2) is 7.30. The van der Waals surface area contributed by atoms with Gasteiger partial charge in [-0.15, -0.1) is 0 Å². The zero-order chi connectivity index (χ0) is 16.2. The summed E-state index contributed by atoms with van der Waals surface area (Å²) in [6.07, 6.45) is 7.49. The lowest BCUT2D eigenvalue weighted by atomic mass is 10.0.